The van der Waals surface area contributed by atoms with Gasteiger partial charge in [0.15, 0.2) is 0 Å². The summed E-state index contributed by atoms with van der Waals surface area (Å²) in [5, 5.41) is 10.3. The molecule has 2 unspecified atom stereocenters. The Balaban J connectivity index is 1.46. The van der Waals surface area contributed by atoms with Gasteiger partial charge in [-0.25, -0.2) is 23.5 Å². The molecule has 4 rings (SSSR count). The lowest BCUT2D eigenvalue weighted by atomic mass is 10.2. The van der Waals surface area contributed by atoms with Gasteiger partial charge in [-0.1, -0.05) is 18.1 Å². The summed E-state index contributed by atoms with van der Waals surface area (Å²) in [7, 11) is -16.8. The second kappa shape index (κ2) is 12.6. The number of aliphatic hydroxyl groups is 1. The summed E-state index contributed by atoms with van der Waals surface area (Å²) in [6, 6.07) is 10.5. The summed E-state index contributed by atoms with van der Waals surface area (Å²) in [6.45, 7) is -0.913. The number of anilines is 1. The maximum absolute atomic E-state index is 12.5. The smallest absolute Gasteiger partial charge is 0.390 e. The number of hydrogen-bond acceptors (Lipinski definition) is 13. The fourth-order valence-corrected chi connectivity index (χ4v) is 6.61. The van der Waals surface area contributed by atoms with Crippen LogP contribution in [0.2, 0.25) is 0 Å². The van der Waals surface area contributed by atoms with Crippen molar-refractivity contribution in [3.05, 3.63) is 70.5 Å². The molecule has 5 atom stereocenters. The zero-order valence-corrected chi connectivity index (χ0v) is 23.7. The van der Waals surface area contributed by atoms with Crippen LogP contribution >= 0.6 is 23.5 Å². The van der Waals surface area contributed by atoms with Crippen molar-refractivity contribution in [2.24, 2.45) is 0 Å². The highest BCUT2D eigenvalue weighted by molar-refractivity contribution is 7.66. The number of nitrogens with two attached hydrogens (primary N) is 1. The Bertz CT molecular complexity index is 1720. The average molecular weight is 645 g/mol. The van der Waals surface area contributed by atoms with E-state index < -0.39 is 54.2 Å². The first kappa shape index (κ1) is 31.8. The van der Waals surface area contributed by atoms with Crippen LogP contribution in [-0.4, -0.2) is 63.0 Å². The Morgan fingerprint density at radius 3 is 2.43 bits per heavy atom. The number of hydrogen-bond donors (Lipinski definition) is 6. The molecule has 3 aromatic rings. The van der Waals surface area contributed by atoms with Gasteiger partial charge in [0.2, 0.25) is 0 Å². The highest BCUT2D eigenvalue weighted by Crippen LogP contribution is 2.66. The summed E-state index contributed by atoms with van der Waals surface area (Å²) >= 11 is 0. The second-order valence-electron chi connectivity index (χ2n) is 8.42. The number of ether oxygens (including phenoxy) is 1. The van der Waals surface area contributed by atoms with E-state index in [1.54, 1.807) is 36.5 Å². The van der Waals surface area contributed by atoms with Crippen LogP contribution in [0.25, 0.3) is 11.4 Å². The first-order valence-corrected chi connectivity index (χ1v) is 16.0. The van der Waals surface area contributed by atoms with Gasteiger partial charge < -0.3 is 35.2 Å². The van der Waals surface area contributed by atoms with E-state index in [0.717, 1.165) is 4.57 Å². The molecule has 224 valence electrons. The van der Waals surface area contributed by atoms with Crippen LogP contribution in [0.5, 0.6) is 0 Å². The molecule has 0 amide bonds. The molecule has 0 aliphatic carbocycles. The molecular formula is C21H22N5O13P3. The molecule has 21 heteroatoms. The summed E-state index contributed by atoms with van der Waals surface area (Å²) in [4.78, 5) is 61.0. The number of phosphoric ester groups is 1. The molecule has 4 heterocycles. The van der Waals surface area contributed by atoms with Crippen molar-refractivity contribution in [1.29, 1.82) is 0 Å². The molecule has 0 saturated carbocycles. The summed E-state index contributed by atoms with van der Waals surface area (Å²) in [6.07, 6.45) is -1.27. The van der Waals surface area contributed by atoms with Crippen LogP contribution in [0.15, 0.2) is 53.6 Å². The van der Waals surface area contributed by atoms with Gasteiger partial charge in [0.25, 0.3) is 0 Å². The van der Waals surface area contributed by atoms with Gasteiger partial charge in [-0.15, -0.1) is 0 Å². The van der Waals surface area contributed by atoms with E-state index in [0.29, 0.717) is 17.1 Å². The van der Waals surface area contributed by atoms with Gasteiger partial charge in [0.1, 0.15) is 23.8 Å². The van der Waals surface area contributed by atoms with Crippen molar-refractivity contribution in [2.45, 2.75) is 24.9 Å². The van der Waals surface area contributed by atoms with E-state index in [2.05, 4.69) is 39.9 Å². The second-order valence-corrected chi connectivity index (χ2v) is 12.8. The molecular weight excluding hydrogens is 623 g/mol. The van der Waals surface area contributed by atoms with Crippen LogP contribution in [-0.2, 0) is 31.6 Å². The monoisotopic (exact) mass is 645 g/mol. The Morgan fingerprint density at radius 1 is 1.00 bits per heavy atom. The zero-order valence-electron chi connectivity index (χ0n) is 21.0. The molecule has 18 nitrogen and oxygen atoms in total. The Labute approximate surface area is 236 Å². The van der Waals surface area contributed by atoms with Crippen molar-refractivity contribution in [1.82, 2.24) is 19.5 Å². The van der Waals surface area contributed by atoms with Crippen LogP contribution in [0.4, 0.5) is 5.82 Å². The lowest BCUT2D eigenvalue weighted by molar-refractivity contribution is -0.0449. The molecule has 1 fully saturated rings. The fraction of sp³-hybridized carbons (Fsp3) is 0.238. The van der Waals surface area contributed by atoms with Gasteiger partial charge >= 0.3 is 29.2 Å². The van der Waals surface area contributed by atoms with Crippen LogP contribution < -0.4 is 11.4 Å². The van der Waals surface area contributed by atoms with Gasteiger partial charge in [-0.05, 0) is 30.2 Å². The fourth-order valence-electron chi connectivity index (χ4n) is 3.58. The Kier molecular flexibility index (Phi) is 9.55. The molecule has 1 aliphatic heterocycles. The van der Waals surface area contributed by atoms with Crippen molar-refractivity contribution in [3.63, 3.8) is 0 Å². The molecule has 0 aromatic carbocycles. The number of aliphatic hydroxyl groups excluding tert-OH is 1. The number of phosphoric acid groups is 3. The van der Waals surface area contributed by atoms with E-state index in [-0.39, 0.29) is 17.8 Å². The predicted molar refractivity (Wildman–Crippen MR) is 141 cm³/mol. The average Bonchev–Trinajstić information content (AvgIpc) is 3.25. The molecule has 42 heavy (non-hydrogen) atoms. The third-order valence-electron chi connectivity index (χ3n) is 5.32. The number of rotatable bonds is 9. The van der Waals surface area contributed by atoms with Crippen molar-refractivity contribution in [2.75, 3.05) is 12.3 Å². The highest BCUT2D eigenvalue weighted by atomic mass is 31.3. The van der Waals surface area contributed by atoms with Crippen LogP contribution in [0.3, 0.4) is 0 Å². The molecule has 0 radical (unpaired) electrons. The Morgan fingerprint density at radius 2 is 1.74 bits per heavy atom. The predicted octanol–water partition coefficient (Wildman–Crippen LogP) is 0.674. The van der Waals surface area contributed by atoms with Crippen molar-refractivity contribution < 1.29 is 56.3 Å². The first-order chi connectivity index (χ1) is 19.6. The SMILES string of the molecule is Nc1nc(=O)n([C@H]2C[C@H](O)[C@@H](COP(=O)(O)OP(=O)(O)OP(=O)(O)O)O2)cc1C#Cc1cccc(-c2ccccn2)n1. The highest BCUT2D eigenvalue weighted by Gasteiger charge is 2.43. The normalized spacial score (nSPS) is 21.6. The van der Waals surface area contributed by atoms with Gasteiger partial charge in [-0.3, -0.25) is 14.1 Å². The number of pyridine rings is 2. The minimum absolute atomic E-state index is 0.120. The minimum Gasteiger partial charge on any atom is -0.390 e. The summed E-state index contributed by atoms with van der Waals surface area (Å²) in [5.74, 6) is 5.42. The largest absolute Gasteiger partial charge is 0.490 e. The molecule has 0 bridgehead atoms. The molecule has 1 aliphatic rings. The third kappa shape index (κ3) is 8.69. The van der Waals surface area contributed by atoms with E-state index in [4.69, 9.17) is 20.3 Å². The molecule has 0 spiro atoms. The van der Waals surface area contributed by atoms with Gasteiger partial charge in [0, 0.05) is 18.8 Å². The lowest BCUT2D eigenvalue weighted by Gasteiger charge is -2.19. The number of nitrogen functional groups attached to an aromatic ring is 1. The van der Waals surface area contributed by atoms with Gasteiger partial charge in [-0.2, -0.15) is 13.6 Å². The first-order valence-electron chi connectivity index (χ1n) is 11.5. The number of nitrogens with zero attached hydrogens (tertiary/aromatic N) is 4. The van der Waals surface area contributed by atoms with Gasteiger partial charge in [0.05, 0.1) is 29.7 Å². The van der Waals surface area contributed by atoms with Crippen LogP contribution in [0.1, 0.15) is 23.9 Å². The third-order valence-corrected chi connectivity index (χ3v) is 9.12. The zero-order chi connectivity index (χ0) is 30.7. The molecule has 3 aromatic heterocycles. The Hall–Kier alpha value is -3.13. The lowest BCUT2D eigenvalue weighted by Crippen LogP contribution is -2.29. The molecule has 1 saturated heterocycles. The quantitative estimate of drug-likeness (QED) is 0.138. The minimum atomic E-state index is -5.73. The standard InChI is InChI=1S/C21H22N5O13P3/c22-20-13(7-8-14-4-3-6-16(24-14)15-5-1-2-9-23-15)11-26(21(28)25-20)19-10-17(27)18(37-19)12-36-41(32,33)39-42(34,35)38-40(29,30)31/h1-6,9,11,17-19,27H,10,12H2,(H,32,33)(H,34,35)(H2,22,25,28)(H2,29,30,31)/t17-,18+,19+/m0/s1. The maximum atomic E-state index is 12.5. The van der Waals surface area contributed by atoms with E-state index in [1.807, 2.05) is 6.07 Å². The summed E-state index contributed by atoms with van der Waals surface area (Å²) in [5.41, 5.74) is 6.71. The van der Waals surface area contributed by atoms with Crippen molar-refractivity contribution >= 4 is 29.3 Å². The van der Waals surface area contributed by atoms with Crippen molar-refractivity contribution in [3.8, 4) is 23.2 Å². The summed E-state index contributed by atoms with van der Waals surface area (Å²) < 4.78 is 52.4. The van der Waals surface area contributed by atoms with E-state index >= 15 is 0 Å². The van der Waals surface area contributed by atoms with E-state index in [1.165, 1.54) is 6.20 Å². The maximum Gasteiger partial charge on any atom is 0.490 e. The molecule has 7 N–H and O–H groups in total. The number of aromatic nitrogens is 4. The van der Waals surface area contributed by atoms with E-state index in [9.17, 15) is 33.4 Å². The topological polar surface area (TPSA) is 276 Å². The van der Waals surface area contributed by atoms with Crippen LogP contribution in [0, 0.1) is 11.8 Å².